The highest BCUT2D eigenvalue weighted by Crippen LogP contribution is 2.08. The molecule has 1 fully saturated rings. The third-order valence-electron chi connectivity index (χ3n) is 3.48. The van der Waals surface area contributed by atoms with E-state index >= 15 is 0 Å². The second-order valence-corrected chi connectivity index (χ2v) is 5.08. The Kier molecular flexibility index (Phi) is 6.24. The van der Waals surface area contributed by atoms with Gasteiger partial charge in [0, 0.05) is 19.1 Å². The molecule has 0 aliphatic carbocycles. The van der Waals surface area contributed by atoms with Gasteiger partial charge in [-0.1, -0.05) is 6.92 Å². The van der Waals surface area contributed by atoms with E-state index in [2.05, 4.69) is 0 Å². The second-order valence-electron chi connectivity index (χ2n) is 5.08. The van der Waals surface area contributed by atoms with E-state index in [1.165, 1.54) is 0 Å². The molecule has 110 valence electrons. The minimum Gasteiger partial charge on any atom is -0.480 e. The Bertz CT molecular complexity index is 322. The molecule has 1 rings (SSSR count). The van der Waals surface area contributed by atoms with Crippen molar-refractivity contribution in [3.8, 4) is 0 Å². The van der Waals surface area contributed by atoms with Crippen LogP contribution in [-0.2, 0) is 14.3 Å². The number of nitrogens with zero attached hydrogens (tertiary/aromatic N) is 2. The average Bonchev–Trinajstić information content (AvgIpc) is 2.36. The quantitative estimate of drug-likeness (QED) is 0.759. The van der Waals surface area contributed by atoms with Crippen molar-refractivity contribution in [3.05, 3.63) is 0 Å². The SMILES string of the molecule is CC[C@@H](C)N(CC(=O)O)CC(=O)N1CCO[C@H](C)C1. The minimum absolute atomic E-state index is 0.0169. The fourth-order valence-electron chi connectivity index (χ4n) is 2.12. The number of carboxylic acids is 1. The van der Waals surface area contributed by atoms with Crippen molar-refractivity contribution >= 4 is 11.9 Å². The molecule has 6 nitrogen and oxygen atoms in total. The molecule has 0 spiro atoms. The van der Waals surface area contributed by atoms with Crippen LogP contribution < -0.4 is 0 Å². The number of carbonyl (C=O) groups is 2. The normalized spacial score (nSPS) is 21.5. The first-order valence-corrected chi connectivity index (χ1v) is 6.79. The molecule has 0 unspecified atom stereocenters. The molecule has 1 amide bonds. The van der Waals surface area contributed by atoms with Gasteiger partial charge in [-0.25, -0.2) is 0 Å². The molecule has 1 saturated heterocycles. The summed E-state index contributed by atoms with van der Waals surface area (Å²) in [7, 11) is 0. The maximum atomic E-state index is 12.2. The summed E-state index contributed by atoms with van der Waals surface area (Å²) in [6.45, 7) is 7.65. The molecule has 1 heterocycles. The number of amides is 1. The highest BCUT2D eigenvalue weighted by atomic mass is 16.5. The van der Waals surface area contributed by atoms with Crippen LogP contribution in [0.3, 0.4) is 0 Å². The number of carboxylic acid groups (broad SMARTS) is 1. The van der Waals surface area contributed by atoms with Crippen LogP contribution in [0.15, 0.2) is 0 Å². The average molecular weight is 272 g/mol. The van der Waals surface area contributed by atoms with Gasteiger partial charge in [-0.3, -0.25) is 14.5 Å². The zero-order valence-electron chi connectivity index (χ0n) is 12.0. The monoisotopic (exact) mass is 272 g/mol. The molecule has 2 atom stereocenters. The fourth-order valence-corrected chi connectivity index (χ4v) is 2.12. The van der Waals surface area contributed by atoms with E-state index < -0.39 is 5.97 Å². The second kappa shape index (κ2) is 7.45. The van der Waals surface area contributed by atoms with Gasteiger partial charge in [0.25, 0.3) is 0 Å². The van der Waals surface area contributed by atoms with Crippen LogP contribution in [0, 0.1) is 0 Å². The molecule has 0 bridgehead atoms. The standard InChI is InChI=1S/C13H24N2O4/c1-4-10(2)15(9-13(17)18)8-12(16)14-5-6-19-11(3)7-14/h10-11H,4-9H2,1-3H3,(H,17,18)/t10-,11-/m1/s1. The molecular weight excluding hydrogens is 248 g/mol. The summed E-state index contributed by atoms with van der Waals surface area (Å²) >= 11 is 0. The van der Waals surface area contributed by atoms with Crippen molar-refractivity contribution in [1.82, 2.24) is 9.80 Å². The van der Waals surface area contributed by atoms with Crippen LogP contribution in [0.1, 0.15) is 27.2 Å². The number of ether oxygens (including phenoxy) is 1. The summed E-state index contributed by atoms with van der Waals surface area (Å²) in [5, 5.41) is 8.91. The first kappa shape index (κ1) is 15.9. The van der Waals surface area contributed by atoms with Crippen LogP contribution in [-0.4, -0.2) is 71.7 Å². The molecule has 1 N–H and O–H groups in total. The molecular formula is C13H24N2O4. The van der Waals surface area contributed by atoms with Crippen molar-refractivity contribution in [3.63, 3.8) is 0 Å². The van der Waals surface area contributed by atoms with Crippen LogP contribution in [0.2, 0.25) is 0 Å². The summed E-state index contributed by atoms with van der Waals surface area (Å²) in [5.41, 5.74) is 0. The molecule has 0 aromatic rings. The topological polar surface area (TPSA) is 70.1 Å². The largest absolute Gasteiger partial charge is 0.480 e. The molecule has 1 aliphatic rings. The van der Waals surface area contributed by atoms with Gasteiger partial charge >= 0.3 is 5.97 Å². The number of morpholine rings is 1. The first-order valence-electron chi connectivity index (χ1n) is 6.79. The van der Waals surface area contributed by atoms with Crippen molar-refractivity contribution in [2.45, 2.75) is 39.3 Å². The maximum absolute atomic E-state index is 12.2. The maximum Gasteiger partial charge on any atom is 0.317 e. The Morgan fingerprint density at radius 3 is 2.68 bits per heavy atom. The lowest BCUT2D eigenvalue weighted by atomic mass is 10.2. The minimum atomic E-state index is -0.900. The Labute approximate surface area is 114 Å². The van der Waals surface area contributed by atoms with E-state index in [-0.39, 0.29) is 31.1 Å². The van der Waals surface area contributed by atoms with Crippen molar-refractivity contribution < 1.29 is 19.4 Å². The van der Waals surface area contributed by atoms with Gasteiger partial charge in [0.15, 0.2) is 0 Å². The Morgan fingerprint density at radius 1 is 1.47 bits per heavy atom. The lowest BCUT2D eigenvalue weighted by molar-refractivity contribution is -0.143. The molecule has 0 radical (unpaired) electrons. The van der Waals surface area contributed by atoms with Crippen molar-refractivity contribution in [2.75, 3.05) is 32.8 Å². The van der Waals surface area contributed by atoms with Gasteiger partial charge in [0.1, 0.15) is 0 Å². The Hall–Kier alpha value is -1.14. The molecule has 0 saturated carbocycles. The zero-order valence-corrected chi connectivity index (χ0v) is 12.0. The predicted molar refractivity (Wildman–Crippen MR) is 71.0 cm³/mol. The lowest BCUT2D eigenvalue weighted by Crippen LogP contribution is -2.50. The first-order chi connectivity index (χ1) is 8.93. The van der Waals surface area contributed by atoms with Crippen LogP contribution in [0.4, 0.5) is 0 Å². The number of rotatable bonds is 6. The smallest absolute Gasteiger partial charge is 0.317 e. The van der Waals surface area contributed by atoms with Crippen molar-refractivity contribution in [2.24, 2.45) is 0 Å². The van der Waals surface area contributed by atoms with Crippen LogP contribution in [0.25, 0.3) is 0 Å². The highest BCUT2D eigenvalue weighted by Gasteiger charge is 2.25. The Balaban J connectivity index is 2.56. The van der Waals surface area contributed by atoms with Gasteiger partial charge in [0.05, 0.1) is 25.8 Å². The van der Waals surface area contributed by atoms with Crippen LogP contribution >= 0.6 is 0 Å². The van der Waals surface area contributed by atoms with Gasteiger partial charge in [-0.05, 0) is 20.3 Å². The summed E-state index contributed by atoms with van der Waals surface area (Å²) in [5.74, 6) is -0.917. The third kappa shape index (κ3) is 5.16. The number of carbonyl (C=O) groups excluding carboxylic acids is 1. The summed E-state index contributed by atoms with van der Waals surface area (Å²) in [6, 6.07) is 0.0820. The molecule has 6 heteroatoms. The molecule has 0 aromatic heterocycles. The van der Waals surface area contributed by atoms with Gasteiger partial charge in [0.2, 0.25) is 5.91 Å². The highest BCUT2D eigenvalue weighted by molar-refractivity contribution is 5.79. The zero-order chi connectivity index (χ0) is 14.4. The number of hydrogen-bond acceptors (Lipinski definition) is 4. The van der Waals surface area contributed by atoms with E-state index in [0.29, 0.717) is 19.7 Å². The summed E-state index contributed by atoms with van der Waals surface area (Å²) in [6.07, 6.45) is 0.870. The number of hydrogen-bond donors (Lipinski definition) is 1. The molecule has 19 heavy (non-hydrogen) atoms. The summed E-state index contributed by atoms with van der Waals surface area (Å²) < 4.78 is 5.39. The van der Waals surface area contributed by atoms with Gasteiger partial charge < -0.3 is 14.7 Å². The Morgan fingerprint density at radius 2 is 2.16 bits per heavy atom. The summed E-state index contributed by atoms with van der Waals surface area (Å²) in [4.78, 5) is 26.5. The third-order valence-corrected chi connectivity index (χ3v) is 3.48. The predicted octanol–water partition coefficient (Wildman–Crippen LogP) is 0.419. The van der Waals surface area contributed by atoms with Gasteiger partial charge in [-0.15, -0.1) is 0 Å². The number of aliphatic carboxylic acids is 1. The molecule has 1 aliphatic heterocycles. The van der Waals surface area contributed by atoms with Crippen molar-refractivity contribution in [1.29, 1.82) is 0 Å². The molecule has 0 aromatic carbocycles. The van der Waals surface area contributed by atoms with E-state index in [1.54, 1.807) is 9.80 Å². The van der Waals surface area contributed by atoms with Gasteiger partial charge in [-0.2, -0.15) is 0 Å². The van der Waals surface area contributed by atoms with E-state index in [1.807, 2.05) is 20.8 Å². The van der Waals surface area contributed by atoms with E-state index in [4.69, 9.17) is 9.84 Å². The fraction of sp³-hybridized carbons (Fsp3) is 0.846. The van der Waals surface area contributed by atoms with E-state index in [0.717, 1.165) is 6.42 Å². The van der Waals surface area contributed by atoms with Crippen LogP contribution in [0.5, 0.6) is 0 Å². The van der Waals surface area contributed by atoms with E-state index in [9.17, 15) is 9.59 Å². The lowest BCUT2D eigenvalue weighted by Gasteiger charge is -2.34.